The summed E-state index contributed by atoms with van der Waals surface area (Å²) in [5.41, 5.74) is 7.43. The van der Waals surface area contributed by atoms with Gasteiger partial charge in [-0.1, -0.05) is 53.9 Å². The molecule has 0 bridgehead atoms. The van der Waals surface area contributed by atoms with Gasteiger partial charge in [-0.05, 0) is 30.9 Å². The Bertz CT molecular complexity index is 377. The summed E-state index contributed by atoms with van der Waals surface area (Å²) in [4.78, 5) is 0. The topological polar surface area (TPSA) is 35.2 Å². The third-order valence-corrected chi connectivity index (χ3v) is 4.44. The molecule has 0 aromatic heterocycles. The molecule has 0 saturated heterocycles. The molecule has 0 amide bonds. The molecule has 1 aliphatic rings. The van der Waals surface area contributed by atoms with Gasteiger partial charge in [0.2, 0.25) is 0 Å². The number of rotatable bonds is 5. The van der Waals surface area contributed by atoms with Gasteiger partial charge in [-0.15, -0.1) is 0 Å². The summed E-state index contributed by atoms with van der Waals surface area (Å²) >= 11 is 3.61. The molecule has 0 heterocycles. The van der Waals surface area contributed by atoms with Crippen molar-refractivity contribution in [3.8, 4) is 0 Å². The van der Waals surface area contributed by atoms with E-state index in [4.69, 9.17) is 10.5 Å². The monoisotopic (exact) mass is 311 g/mol. The van der Waals surface area contributed by atoms with Crippen LogP contribution in [-0.2, 0) is 4.74 Å². The highest BCUT2D eigenvalue weighted by molar-refractivity contribution is 9.10. The molecule has 2 rings (SSSR count). The highest BCUT2D eigenvalue weighted by Gasteiger charge is 2.26. The smallest absolute Gasteiger partial charge is 0.0990 e. The van der Waals surface area contributed by atoms with Gasteiger partial charge in [0, 0.05) is 10.5 Å². The number of benzene rings is 1. The summed E-state index contributed by atoms with van der Waals surface area (Å²) < 4.78 is 7.37. The highest BCUT2D eigenvalue weighted by atomic mass is 79.9. The summed E-state index contributed by atoms with van der Waals surface area (Å²) in [5.74, 6) is 0. The standard InChI is InChI=1S/C15H22BrNO/c1-2-14(17)15(18-11-7-3-4-8-11)12-9-5-6-10-13(12)16/h5-6,9-11,14-15H,2-4,7-8,17H2,1H3. The zero-order valence-corrected chi connectivity index (χ0v) is 12.5. The second-order valence-corrected chi connectivity index (χ2v) is 5.91. The molecule has 1 aromatic rings. The van der Waals surface area contributed by atoms with Crippen LogP contribution in [-0.4, -0.2) is 12.1 Å². The fraction of sp³-hybridized carbons (Fsp3) is 0.600. The molecule has 2 atom stereocenters. The minimum absolute atomic E-state index is 0.00803. The number of nitrogens with two attached hydrogens (primary N) is 1. The van der Waals surface area contributed by atoms with E-state index in [9.17, 15) is 0 Å². The van der Waals surface area contributed by atoms with Gasteiger partial charge in [-0.2, -0.15) is 0 Å². The fourth-order valence-corrected chi connectivity index (χ4v) is 3.07. The summed E-state index contributed by atoms with van der Waals surface area (Å²) in [5, 5.41) is 0. The first kappa shape index (κ1) is 14.0. The number of hydrogen-bond acceptors (Lipinski definition) is 2. The van der Waals surface area contributed by atoms with Gasteiger partial charge >= 0.3 is 0 Å². The SMILES string of the molecule is CCC(N)C(OC1CCCC1)c1ccccc1Br. The molecular weight excluding hydrogens is 290 g/mol. The van der Waals surface area contributed by atoms with Crippen LogP contribution in [0.25, 0.3) is 0 Å². The molecule has 3 heteroatoms. The van der Waals surface area contributed by atoms with Crippen molar-refractivity contribution in [1.29, 1.82) is 0 Å². The summed E-state index contributed by atoms with van der Waals surface area (Å²) in [7, 11) is 0. The number of halogens is 1. The largest absolute Gasteiger partial charge is 0.369 e. The van der Waals surface area contributed by atoms with Crippen molar-refractivity contribution in [3.63, 3.8) is 0 Å². The maximum atomic E-state index is 6.28. The van der Waals surface area contributed by atoms with Crippen LogP contribution in [0.2, 0.25) is 0 Å². The van der Waals surface area contributed by atoms with Gasteiger partial charge in [0.25, 0.3) is 0 Å². The van der Waals surface area contributed by atoms with Crippen LogP contribution in [0.4, 0.5) is 0 Å². The zero-order valence-electron chi connectivity index (χ0n) is 10.9. The Kier molecular flexibility index (Phi) is 5.22. The third kappa shape index (κ3) is 3.34. The molecule has 1 aromatic carbocycles. The van der Waals surface area contributed by atoms with Crippen molar-refractivity contribution in [1.82, 2.24) is 0 Å². The maximum Gasteiger partial charge on any atom is 0.0990 e. The molecule has 100 valence electrons. The number of ether oxygens (including phenoxy) is 1. The molecule has 0 aliphatic heterocycles. The van der Waals surface area contributed by atoms with E-state index in [0.717, 1.165) is 10.9 Å². The molecule has 2 nitrogen and oxygen atoms in total. The van der Waals surface area contributed by atoms with Crippen molar-refractivity contribution in [2.24, 2.45) is 5.73 Å². The molecule has 0 radical (unpaired) electrons. The van der Waals surface area contributed by atoms with Crippen LogP contribution in [0.15, 0.2) is 28.7 Å². The van der Waals surface area contributed by atoms with Crippen LogP contribution < -0.4 is 5.73 Å². The molecule has 1 fully saturated rings. The predicted octanol–water partition coefficient (Wildman–Crippen LogP) is 4.19. The second kappa shape index (κ2) is 6.69. The number of hydrogen-bond donors (Lipinski definition) is 1. The molecule has 0 spiro atoms. The van der Waals surface area contributed by atoms with Gasteiger partial charge in [-0.3, -0.25) is 0 Å². The van der Waals surface area contributed by atoms with Crippen molar-refractivity contribution in [2.75, 3.05) is 0 Å². The van der Waals surface area contributed by atoms with Crippen molar-refractivity contribution >= 4 is 15.9 Å². The Morgan fingerprint density at radius 1 is 1.33 bits per heavy atom. The summed E-state index contributed by atoms with van der Waals surface area (Å²) in [6.45, 7) is 2.12. The lowest BCUT2D eigenvalue weighted by Gasteiger charge is -2.28. The molecule has 2 unspecified atom stereocenters. The minimum atomic E-state index is 0.00803. The van der Waals surface area contributed by atoms with E-state index >= 15 is 0 Å². The first-order chi connectivity index (χ1) is 8.72. The van der Waals surface area contributed by atoms with Crippen molar-refractivity contribution < 1.29 is 4.74 Å². The van der Waals surface area contributed by atoms with E-state index in [1.54, 1.807) is 0 Å². The second-order valence-electron chi connectivity index (χ2n) is 5.06. The quantitative estimate of drug-likeness (QED) is 0.885. The lowest BCUT2D eigenvalue weighted by molar-refractivity contribution is -0.0240. The molecule has 1 saturated carbocycles. The Labute approximate surface area is 118 Å². The van der Waals surface area contributed by atoms with Crippen LogP contribution in [0.5, 0.6) is 0 Å². The predicted molar refractivity (Wildman–Crippen MR) is 78.5 cm³/mol. The molecule has 18 heavy (non-hydrogen) atoms. The van der Waals surface area contributed by atoms with Crippen LogP contribution >= 0.6 is 15.9 Å². The van der Waals surface area contributed by atoms with E-state index in [2.05, 4.69) is 35.0 Å². The van der Waals surface area contributed by atoms with Crippen LogP contribution in [0.3, 0.4) is 0 Å². The molecular formula is C15H22BrNO. The zero-order chi connectivity index (χ0) is 13.0. The Balaban J connectivity index is 2.16. The Hall–Kier alpha value is -0.380. The van der Waals surface area contributed by atoms with Gasteiger partial charge in [0.1, 0.15) is 0 Å². The fourth-order valence-electron chi connectivity index (χ4n) is 2.56. The Morgan fingerprint density at radius 2 is 2.00 bits per heavy atom. The normalized spacial score (nSPS) is 19.9. The van der Waals surface area contributed by atoms with Gasteiger partial charge in [0.05, 0.1) is 12.2 Å². The van der Waals surface area contributed by atoms with E-state index in [-0.39, 0.29) is 12.1 Å². The highest BCUT2D eigenvalue weighted by Crippen LogP contribution is 2.33. The van der Waals surface area contributed by atoms with Crippen molar-refractivity contribution in [3.05, 3.63) is 34.3 Å². The Morgan fingerprint density at radius 3 is 2.61 bits per heavy atom. The van der Waals surface area contributed by atoms with Crippen LogP contribution in [0.1, 0.15) is 50.7 Å². The van der Waals surface area contributed by atoms with E-state index in [1.165, 1.54) is 31.2 Å². The van der Waals surface area contributed by atoms with Crippen molar-refractivity contribution in [2.45, 2.75) is 57.3 Å². The lowest BCUT2D eigenvalue weighted by atomic mass is 10.0. The van der Waals surface area contributed by atoms with Gasteiger partial charge < -0.3 is 10.5 Å². The molecule has 2 N–H and O–H groups in total. The third-order valence-electron chi connectivity index (χ3n) is 3.71. The minimum Gasteiger partial charge on any atom is -0.369 e. The first-order valence-electron chi connectivity index (χ1n) is 6.87. The van der Waals surface area contributed by atoms with Gasteiger partial charge in [-0.25, -0.2) is 0 Å². The van der Waals surface area contributed by atoms with E-state index in [1.807, 2.05) is 12.1 Å². The molecule has 1 aliphatic carbocycles. The lowest BCUT2D eigenvalue weighted by Crippen LogP contribution is -2.32. The van der Waals surface area contributed by atoms with Gasteiger partial charge in [0.15, 0.2) is 0 Å². The average molecular weight is 312 g/mol. The first-order valence-corrected chi connectivity index (χ1v) is 7.67. The van der Waals surface area contributed by atoms with Crippen LogP contribution in [0, 0.1) is 0 Å². The van der Waals surface area contributed by atoms with E-state index < -0.39 is 0 Å². The maximum absolute atomic E-state index is 6.28. The average Bonchev–Trinajstić information content (AvgIpc) is 2.89. The van der Waals surface area contributed by atoms with E-state index in [0.29, 0.717) is 6.10 Å². The summed E-state index contributed by atoms with van der Waals surface area (Å²) in [6.07, 6.45) is 6.25. The summed E-state index contributed by atoms with van der Waals surface area (Å²) in [6, 6.07) is 8.30.